The van der Waals surface area contributed by atoms with Crippen LogP contribution >= 0.6 is 0 Å². The average Bonchev–Trinajstić information content (AvgIpc) is 3.64. The molecule has 10 heteroatoms. The molecule has 1 aromatic heterocycles. The molecule has 4 aliphatic rings. The summed E-state index contributed by atoms with van der Waals surface area (Å²) in [6.07, 6.45) is 5.61. The van der Waals surface area contributed by atoms with E-state index in [-0.39, 0.29) is 18.5 Å². The number of halogens is 1. The van der Waals surface area contributed by atoms with Crippen molar-refractivity contribution in [3.8, 4) is 6.01 Å². The molecule has 7 rings (SSSR count). The van der Waals surface area contributed by atoms with Crippen molar-refractivity contribution in [1.82, 2.24) is 19.8 Å². The predicted molar refractivity (Wildman–Crippen MR) is 178 cm³/mol. The zero-order valence-electron chi connectivity index (χ0n) is 26.7. The number of amides is 1. The first-order valence-corrected chi connectivity index (χ1v) is 16.6. The van der Waals surface area contributed by atoms with Gasteiger partial charge < -0.3 is 29.2 Å². The molecule has 9 nitrogen and oxygen atoms in total. The van der Waals surface area contributed by atoms with Crippen LogP contribution in [0.3, 0.4) is 0 Å². The van der Waals surface area contributed by atoms with Gasteiger partial charge in [0.15, 0.2) is 5.83 Å². The molecule has 0 radical (unpaired) electrons. The summed E-state index contributed by atoms with van der Waals surface area (Å²) in [5.74, 6) is -0.930. The van der Waals surface area contributed by atoms with Crippen molar-refractivity contribution in [3.63, 3.8) is 0 Å². The van der Waals surface area contributed by atoms with Gasteiger partial charge in [0.05, 0.1) is 18.8 Å². The molecule has 0 bridgehead atoms. The number of aryl methyl sites for hydroxylation is 1. The third kappa shape index (κ3) is 6.01. The quantitative estimate of drug-likeness (QED) is 0.241. The number of rotatable bonds is 9. The van der Waals surface area contributed by atoms with Crippen LogP contribution in [-0.2, 0) is 17.8 Å². The standard InChI is InChI=1S/C36H42FN7O2/c1-25-8-6-9-27-10-7-11-31(32(25)27)42-17-12-29-30(22-42)39-35(46-24-36(13-14-36)23-41-15-4-5-16-41)40-33(29)43-18-19-44(34(45)26(2)37)28(21-43)20-38-3/h6-11,28H,2,4-5,12-24H2,1H3/t28-/m0/s1. The summed E-state index contributed by atoms with van der Waals surface area (Å²) in [6, 6.07) is 12.8. The molecule has 2 saturated heterocycles. The molecule has 3 aliphatic heterocycles. The van der Waals surface area contributed by atoms with Crippen molar-refractivity contribution in [2.45, 2.75) is 51.6 Å². The van der Waals surface area contributed by atoms with E-state index in [0.717, 1.165) is 49.4 Å². The molecular formula is C36H42FN7O2. The number of carbonyl (C=O) groups excluding carboxylic acids is 1. The fourth-order valence-electron chi connectivity index (χ4n) is 7.58. The molecular weight excluding hydrogens is 581 g/mol. The summed E-state index contributed by atoms with van der Waals surface area (Å²) in [5.41, 5.74) is 4.63. The van der Waals surface area contributed by atoms with Crippen LogP contribution in [0, 0.1) is 18.9 Å². The van der Waals surface area contributed by atoms with Gasteiger partial charge in [0, 0.05) is 54.8 Å². The van der Waals surface area contributed by atoms with Crippen LogP contribution in [0.1, 0.15) is 42.5 Å². The van der Waals surface area contributed by atoms with Gasteiger partial charge in [0.2, 0.25) is 6.54 Å². The molecule has 0 spiro atoms. The smallest absolute Gasteiger partial charge is 0.318 e. The van der Waals surface area contributed by atoms with Crippen LogP contribution in [0.25, 0.3) is 15.6 Å². The molecule has 1 aliphatic carbocycles. The van der Waals surface area contributed by atoms with Gasteiger partial charge in [0.1, 0.15) is 11.9 Å². The Labute approximate surface area is 270 Å². The summed E-state index contributed by atoms with van der Waals surface area (Å²) >= 11 is 0. The van der Waals surface area contributed by atoms with E-state index in [0.29, 0.717) is 32.3 Å². The largest absolute Gasteiger partial charge is 0.463 e. The zero-order chi connectivity index (χ0) is 31.8. The van der Waals surface area contributed by atoms with Gasteiger partial charge in [0.25, 0.3) is 5.91 Å². The Kier molecular flexibility index (Phi) is 8.28. The van der Waals surface area contributed by atoms with E-state index in [1.54, 1.807) is 0 Å². The molecule has 2 aromatic carbocycles. The first-order chi connectivity index (χ1) is 22.3. The lowest BCUT2D eigenvalue weighted by Crippen LogP contribution is -2.57. The highest BCUT2D eigenvalue weighted by molar-refractivity contribution is 5.97. The van der Waals surface area contributed by atoms with Gasteiger partial charge in [-0.25, -0.2) is 11.0 Å². The number of ether oxygens (including phenoxy) is 1. The fourth-order valence-corrected chi connectivity index (χ4v) is 7.58. The van der Waals surface area contributed by atoms with Crippen molar-refractivity contribution >= 4 is 28.2 Å². The predicted octanol–water partition coefficient (Wildman–Crippen LogP) is 5.18. The maximum atomic E-state index is 13.9. The van der Waals surface area contributed by atoms with Crippen LogP contribution in [-0.4, -0.2) is 90.7 Å². The maximum Gasteiger partial charge on any atom is 0.318 e. The number of hydrogen-bond donors (Lipinski definition) is 0. The van der Waals surface area contributed by atoms with Gasteiger partial charge in [-0.2, -0.15) is 9.97 Å². The minimum absolute atomic E-state index is 0.0827. The Balaban J connectivity index is 1.20. The van der Waals surface area contributed by atoms with E-state index < -0.39 is 17.8 Å². The Morgan fingerprint density at radius 3 is 2.61 bits per heavy atom. The molecule has 3 fully saturated rings. The number of nitrogens with zero attached hydrogens (tertiary/aromatic N) is 7. The van der Waals surface area contributed by atoms with E-state index in [4.69, 9.17) is 21.3 Å². The van der Waals surface area contributed by atoms with Crippen LogP contribution in [0.2, 0.25) is 0 Å². The molecule has 1 atom stereocenters. The van der Waals surface area contributed by atoms with E-state index >= 15 is 0 Å². The Bertz CT molecular complexity index is 1690. The van der Waals surface area contributed by atoms with Crippen LogP contribution < -0.4 is 14.5 Å². The zero-order valence-corrected chi connectivity index (χ0v) is 26.7. The number of fused-ring (bicyclic) bond motifs is 2. The lowest BCUT2D eigenvalue weighted by molar-refractivity contribution is -0.131. The third-order valence-corrected chi connectivity index (χ3v) is 10.3. The van der Waals surface area contributed by atoms with Crippen molar-refractivity contribution < 1.29 is 13.9 Å². The monoisotopic (exact) mass is 623 g/mol. The summed E-state index contributed by atoms with van der Waals surface area (Å²) in [5, 5.41) is 2.48. The first kappa shape index (κ1) is 30.4. The normalized spacial score (nSPS) is 20.8. The molecule has 1 saturated carbocycles. The van der Waals surface area contributed by atoms with Gasteiger partial charge in [-0.3, -0.25) is 4.79 Å². The van der Waals surface area contributed by atoms with Crippen molar-refractivity contribution in [1.29, 1.82) is 0 Å². The van der Waals surface area contributed by atoms with Gasteiger partial charge in [-0.05, 0) is 69.1 Å². The van der Waals surface area contributed by atoms with Crippen molar-refractivity contribution in [2.75, 3.05) is 68.8 Å². The SMILES string of the molecule is [C-]#[N+]C[C@H]1CN(c2nc(OCC3(CN4CCCC4)CC3)nc3c2CCN(c2cccc4cccc(C)c24)C3)CCN1C(=O)C(=C)F. The highest BCUT2D eigenvalue weighted by atomic mass is 19.1. The minimum Gasteiger partial charge on any atom is -0.463 e. The number of piperazine rings is 1. The van der Waals surface area contributed by atoms with E-state index in [2.05, 4.69) is 69.4 Å². The summed E-state index contributed by atoms with van der Waals surface area (Å²) in [7, 11) is 0. The van der Waals surface area contributed by atoms with Gasteiger partial charge in [-0.1, -0.05) is 36.9 Å². The Hall–Kier alpha value is -4.23. The average molecular weight is 624 g/mol. The van der Waals surface area contributed by atoms with Gasteiger partial charge >= 0.3 is 6.01 Å². The molecule has 240 valence electrons. The number of carbonyl (C=O) groups is 1. The number of anilines is 2. The van der Waals surface area contributed by atoms with E-state index in [1.165, 1.54) is 52.9 Å². The second-order valence-corrected chi connectivity index (χ2v) is 13.5. The molecule has 1 amide bonds. The lowest BCUT2D eigenvalue weighted by atomic mass is 9.99. The second-order valence-electron chi connectivity index (χ2n) is 13.5. The molecule has 3 aromatic rings. The highest BCUT2D eigenvalue weighted by Crippen LogP contribution is 2.47. The van der Waals surface area contributed by atoms with Gasteiger partial charge in [-0.15, -0.1) is 0 Å². The molecule has 4 heterocycles. The molecule has 46 heavy (non-hydrogen) atoms. The number of hydrogen-bond acceptors (Lipinski definition) is 7. The first-order valence-electron chi connectivity index (χ1n) is 16.6. The van der Waals surface area contributed by atoms with Crippen LogP contribution in [0.4, 0.5) is 15.9 Å². The number of aromatic nitrogens is 2. The summed E-state index contributed by atoms with van der Waals surface area (Å²) in [4.78, 5) is 34.8. The highest BCUT2D eigenvalue weighted by Gasteiger charge is 2.45. The Morgan fingerprint density at radius 2 is 1.87 bits per heavy atom. The summed E-state index contributed by atoms with van der Waals surface area (Å²) in [6.45, 7) is 19.5. The fraction of sp³-hybridized carbons (Fsp3) is 0.500. The number of likely N-dealkylation sites (tertiary alicyclic amines) is 1. The maximum absolute atomic E-state index is 13.9. The van der Waals surface area contributed by atoms with E-state index in [9.17, 15) is 9.18 Å². The van der Waals surface area contributed by atoms with Crippen LogP contribution in [0.5, 0.6) is 6.01 Å². The van der Waals surface area contributed by atoms with Crippen LogP contribution in [0.15, 0.2) is 48.8 Å². The third-order valence-electron chi connectivity index (χ3n) is 10.3. The van der Waals surface area contributed by atoms with Crippen molar-refractivity contribution in [3.05, 3.63) is 77.0 Å². The number of benzene rings is 2. The van der Waals surface area contributed by atoms with Crippen molar-refractivity contribution in [2.24, 2.45) is 5.41 Å². The topological polar surface area (TPSA) is 69.4 Å². The Morgan fingerprint density at radius 1 is 1.09 bits per heavy atom. The summed E-state index contributed by atoms with van der Waals surface area (Å²) < 4.78 is 20.4. The molecule has 0 unspecified atom stereocenters. The minimum atomic E-state index is -0.995. The van der Waals surface area contributed by atoms with E-state index in [1.807, 2.05) is 0 Å². The lowest BCUT2D eigenvalue weighted by Gasteiger charge is -2.41. The second kappa shape index (κ2) is 12.5. The molecule has 0 N–H and O–H groups in total.